The van der Waals surface area contributed by atoms with Crippen LogP contribution >= 0.6 is 11.8 Å². The summed E-state index contributed by atoms with van der Waals surface area (Å²) in [5.41, 5.74) is 2.88. The molecule has 0 fully saturated rings. The highest BCUT2D eigenvalue weighted by Gasteiger charge is 2.25. The lowest BCUT2D eigenvalue weighted by Gasteiger charge is -2.04. The molecule has 0 saturated carbocycles. The van der Waals surface area contributed by atoms with Crippen LogP contribution in [0.25, 0.3) is 17.4 Å². The van der Waals surface area contributed by atoms with Gasteiger partial charge in [0, 0.05) is 27.7 Å². The quantitative estimate of drug-likeness (QED) is 0.327. The minimum absolute atomic E-state index is 0.0182. The van der Waals surface area contributed by atoms with E-state index in [1.165, 1.54) is 17.8 Å². The Morgan fingerprint density at radius 2 is 1.89 bits per heavy atom. The number of carbonyl (C=O) groups is 1. The fraction of sp³-hybridized carbons (Fsp3) is 0.0952. The summed E-state index contributed by atoms with van der Waals surface area (Å²) in [6.45, 7) is 3.57. The molecule has 0 aliphatic carbocycles. The van der Waals surface area contributed by atoms with Gasteiger partial charge in [-0.3, -0.25) is 14.9 Å². The third kappa shape index (κ3) is 3.08. The van der Waals surface area contributed by atoms with Crippen molar-refractivity contribution in [2.45, 2.75) is 18.7 Å². The number of nitro groups is 1. The SMILES string of the molecule is Cc1cc(-c2ccc(/C=C3\Sc4ccccc4C3=O)o2)cc([N+](=O)[O-])c1C. The second kappa shape index (κ2) is 6.55. The first-order chi connectivity index (χ1) is 12.9. The van der Waals surface area contributed by atoms with Crippen molar-refractivity contribution < 1.29 is 14.1 Å². The molecule has 0 atom stereocenters. The molecular formula is C21H15NO4S. The number of aryl methyl sites for hydroxylation is 1. The molecule has 0 saturated heterocycles. The van der Waals surface area contributed by atoms with Gasteiger partial charge in [0.15, 0.2) is 0 Å². The molecule has 0 spiro atoms. The van der Waals surface area contributed by atoms with Crippen molar-refractivity contribution in [1.82, 2.24) is 0 Å². The van der Waals surface area contributed by atoms with E-state index in [9.17, 15) is 14.9 Å². The average Bonchev–Trinajstić information content (AvgIpc) is 3.23. The van der Waals surface area contributed by atoms with Crippen LogP contribution in [0.15, 0.2) is 62.7 Å². The number of hydrogen-bond donors (Lipinski definition) is 0. The first kappa shape index (κ1) is 17.3. The number of nitro benzene ring substituents is 1. The second-order valence-electron chi connectivity index (χ2n) is 6.33. The molecule has 1 aliphatic heterocycles. The maximum Gasteiger partial charge on any atom is 0.273 e. The Morgan fingerprint density at radius 1 is 1.11 bits per heavy atom. The lowest BCUT2D eigenvalue weighted by molar-refractivity contribution is -0.385. The summed E-state index contributed by atoms with van der Waals surface area (Å²) in [6.07, 6.45) is 1.71. The third-order valence-electron chi connectivity index (χ3n) is 4.60. The van der Waals surface area contributed by atoms with Crippen LogP contribution in [-0.2, 0) is 0 Å². The van der Waals surface area contributed by atoms with Crippen LogP contribution in [-0.4, -0.2) is 10.7 Å². The largest absolute Gasteiger partial charge is 0.457 e. The molecule has 27 heavy (non-hydrogen) atoms. The molecular weight excluding hydrogens is 362 g/mol. The Kier molecular flexibility index (Phi) is 4.20. The van der Waals surface area contributed by atoms with Crippen molar-refractivity contribution in [3.63, 3.8) is 0 Å². The molecule has 3 aromatic rings. The molecule has 0 amide bonds. The topological polar surface area (TPSA) is 73.3 Å². The standard InChI is InChI=1S/C21H15NO4S/c1-12-9-14(10-17(13(12)2)22(24)25)18-8-7-15(26-18)11-20-21(23)16-5-3-4-6-19(16)27-20/h3-11H,1-2H3/b20-11-. The summed E-state index contributed by atoms with van der Waals surface area (Å²) in [5.74, 6) is 1.05. The molecule has 0 radical (unpaired) electrons. The van der Waals surface area contributed by atoms with Gasteiger partial charge in [-0.25, -0.2) is 0 Å². The maximum absolute atomic E-state index is 12.5. The van der Waals surface area contributed by atoms with Gasteiger partial charge in [-0.2, -0.15) is 0 Å². The summed E-state index contributed by atoms with van der Waals surface area (Å²) < 4.78 is 5.84. The van der Waals surface area contributed by atoms with Crippen LogP contribution in [0.5, 0.6) is 0 Å². The minimum atomic E-state index is -0.386. The van der Waals surface area contributed by atoms with Crippen molar-refractivity contribution in [3.05, 3.63) is 86.0 Å². The summed E-state index contributed by atoms with van der Waals surface area (Å²) >= 11 is 1.42. The monoisotopic (exact) mass is 377 g/mol. The van der Waals surface area contributed by atoms with E-state index in [1.807, 2.05) is 37.3 Å². The zero-order valence-corrected chi connectivity index (χ0v) is 15.5. The average molecular weight is 377 g/mol. The predicted octanol–water partition coefficient (Wildman–Crippen LogP) is 5.80. The van der Waals surface area contributed by atoms with Crippen molar-refractivity contribution in [1.29, 1.82) is 0 Å². The number of thioether (sulfide) groups is 1. The lowest BCUT2D eigenvalue weighted by Crippen LogP contribution is -1.94. The van der Waals surface area contributed by atoms with Gasteiger partial charge < -0.3 is 4.42 Å². The predicted molar refractivity (Wildman–Crippen MR) is 105 cm³/mol. The number of furan rings is 1. The first-order valence-corrected chi connectivity index (χ1v) is 9.15. The van der Waals surface area contributed by atoms with Crippen molar-refractivity contribution in [2.75, 3.05) is 0 Å². The maximum atomic E-state index is 12.5. The first-order valence-electron chi connectivity index (χ1n) is 8.33. The summed E-state index contributed by atoms with van der Waals surface area (Å²) in [6, 6.07) is 14.4. The van der Waals surface area contributed by atoms with Crippen molar-refractivity contribution in [2.24, 2.45) is 0 Å². The molecule has 2 heterocycles. The minimum Gasteiger partial charge on any atom is -0.457 e. The van der Waals surface area contributed by atoms with Gasteiger partial charge in [0.2, 0.25) is 5.78 Å². The number of hydrogen-bond acceptors (Lipinski definition) is 5. The number of fused-ring (bicyclic) bond motifs is 1. The van der Waals surface area contributed by atoms with E-state index in [0.717, 1.165) is 10.5 Å². The number of allylic oxidation sites excluding steroid dienone is 1. The summed E-state index contributed by atoms with van der Waals surface area (Å²) in [4.78, 5) is 24.9. The molecule has 2 aromatic carbocycles. The van der Waals surface area contributed by atoms with Crippen LogP contribution in [0.3, 0.4) is 0 Å². The fourth-order valence-corrected chi connectivity index (χ4v) is 4.06. The number of ketones is 1. The number of rotatable bonds is 3. The van der Waals surface area contributed by atoms with E-state index in [1.54, 1.807) is 25.1 Å². The summed E-state index contributed by atoms with van der Waals surface area (Å²) in [5, 5.41) is 11.3. The molecule has 5 nitrogen and oxygen atoms in total. The molecule has 1 aromatic heterocycles. The van der Waals surface area contributed by atoms with E-state index in [2.05, 4.69) is 0 Å². The van der Waals surface area contributed by atoms with Gasteiger partial charge >= 0.3 is 0 Å². The molecule has 134 valence electrons. The van der Waals surface area contributed by atoms with Crippen LogP contribution < -0.4 is 0 Å². The van der Waals surface area contributed by atoms with Gasteiger partial charge in [-0.15, -0.1) is 0 Å². The molecule has 6 heteroatoms. The zero-order valence-electron chi connectivity index (χ0n) is 14.7. The Labute approximate surface area is 159 Å². The van der Waals surface area contributed by atoms with E-state index in [-0.39, 0.29) is 16.4 Å². The van der Waals surface area contributed by atoms with E-state index in [0.29, 0.717) is 33.1 Å². The molecule has 4 rings (SSSR count). The lowest BCUT2D eigenvalue weighted by atomic mass is 10.0. The van der Waals surface area contributed by atoms with E-state index >= 15 is 0 Å². The van der Waals surface area contributed by atoms with Crippen LogP contribution in [0.2, 0.25) is 0 Å². The number of Topliss-reactive ketones (excluding diaryl/α,β-unsaturated/α-hetero) is 1. The van der Waals surface area contributed by atoms with Crippen LogP contribution in [0, 0.1) is 24.0 Å². The van der Waals surface area contributed by atoms with Gasteiger partial charge in [-0.1, -0.05) is 23.9 Å². The number of carbonyl (C=O) groups excluding carboxylic acids is 1. The van der Waals surface area contributed by atoms with Gasteiger partial charge in [0.05, 0.1) is 9.83 Å². The second-order valence-corrected chi connectivity index (χ2v) is 7.42. The van der Waals surface area contributed by atoms with E-state index < -0.39 is 0 Å². The van der Waals surface area contributed by atoms with Crippen LogP contribution in [0.1, 0.15) is 27.2 Å². The van der Waals surface area contributed by atoms with E-state index in [4.69, 9.17) is 4.42 Å². The van der Waals surface area contributed by atoms with Crippen LogP contribution in [0.4, 0.5) is 5.69 Å². The van der Waals surface area contributed by atoms with Gasteiger partial charge in [0.1, 0.15) is 11.5 Å². The Bertz CT molecular complexity index is 1130. The Hall–Kier alpha value is -3.12. The molecule has 0 N–H and O–H groups in total. The highest BCUT2D eigenvalue weighted by atomic mass is 32.2. The Balaban J connectivity index is 1.68. The van der Waals surface area contributed by atoms with Gasteiger partial charge in [-0.05, 0) is 55.8 Å². The highest BCUT2D eigenvalue weighted by Crippen LogP contribution is 2.41. The smallest absolute Gasteiger partial charge is 0.273 e. The molecule has 0 unspecified atom stereocenters. The number of nitrogens with zero attached hydrogens (tertiary/aromatic N) is 1. The summed E-state index contributed by atoms with van der Waals surface area (Å²) in [7, 11) is 0. The third-order valence-corrected chi connectivity index (χ3v) is 5.70. The van der Waals surface area contributed by atoms with Gasteiger partial charge in [0.25, 0.3) is 5.69 Å². The zero-order chi connectivity index (χ0) is 19.1. The fourth-order valence-electron chi connectivity index (χ4n) is 3.02. The highest BCUT2D eigenvalue weighted by molar-refractivity contribution is 8.04. The normalized spacial score (nSPS) is 14.6. The Morgan fingerprint density at radius 3 is 2.63 bits per heavy atom. The number of benzene rings is 2. The molecule has 0 bridgehead atoms. The molecule has 1 aliphatic rings. The van der Waals surface area contributed by atoms with Crippen molar-refractivity contribution in [3.8, 4) is 11.3 Å². The van der Waals surface area contributed by atoms with Crippen molar-refractivity contribution >= 4 is 29.3 Å².